The summed E-state index contributed by atoms with van der Waals surface area (Å²) in [5.74, 6) is 1.61. The predicted octanol–water partition coefficient (Wildman–Crippen LogP) is 1.17. The maximum atomic E-state index is 5.42. The van der Waals surface area contributed by atoms with Gasteiger partial charge in [-0.2, -0.15) is 0 Å². The molecule has 0 bridgehead atoms. The van der Waals surface area contributed by atoms with E-state index in [4.69, 9.17) is 4.74 Å². The van der Waals surface area contributed by atoms with Crippen LogP contribution in [0.15, 0.2) is 12.4 Å². The molecule has 1 atom stereocenters. The third-order valence-corrected chi connectivity index (χ3v) is 4.11. The third-order valence-electron chi connectivity index (χ3n) is 4.11. The summed E-state index contributed by atoms with van der Waals surface area (Å²) in [6.45, 7) is 7.02. The number of hydrogen-bond acceptors (Lipinski definition) is 5. The standard InChI is InChI=1S/C14H22N4O/c1-11-9-15-4-5-18(11)14-8-13(16-10-17-14)12-2-6-19-7-3-12/h8,10-12,15H,2-7,9H2,1H3/t11-/m0/s1. The van der Waals surface area contributed by atoms with Crippen molar-refractivity contribution in [1.82, 2.24) is 15.3 Å². The molecule has 0 saturated carbocycles. The van der Waals surface area contributed by atoms with E-state index in [1.165, 1.54) is 5.69 Å². The second kappa shape index (κ2) is 5.84. The van der Waals surface area contributed by atoms with Gasteiger partial charge >= 0.3 is 0 Å². The molecule has 1 N–H and O–H groups in total. The summed E-state index contributed by atoms with van der Waals surface area (Å²) in [7, 11) is 0. The van der Waals surface area contributed by atoms with E-state index in [1.54, 1.807) is 6.33 Å². The zero-order valence-corrected chi connectivity index (χ0v) is 11.5. The Balaban J connectivity index is 1.78. The van der Waals surface area contributed by atoms with Crippen LogP contribution in [0.2, 0.25) is 0 Å². The molecule has 0 aliphatic carbocycles. The molecule has 0 spiro atoms. The molecule has 2 saturated heterocycles. The van der Waals surface area contributed by atoms with Gasteiger partial charge in [0, 0.05) is 56.6 Å². The van der Waals surface area contributed by atoms with Crippen molar-refractivity contribution in [2.24, 2.45) is 0 Å². The molecule has 2 fully saturated rings. The first kappa shape index (κ1) is 12.8. The lowest BCUT2D eigenvalue weighted by atomic mass is 9.96. The molecule has 0 amide bonds. The quantitative estimate of drug-likeness (QED) is 0.867. The number of aromatic nitrogens is 2. The zero-order valence-electron chi connectivity index (χ0n) is 11.5. The van der Waals surface area contributed by atoms with Gasteiger partial charge in [-0.15, -0.1) is 0 Å². The first-order valence-corrected chi connectivity index (χ1v) is 7.21. The van der Waals surface area contributed by atoms with Crippen LogP contribution in [0.3, 0.4) is 0 Å². The van der Waals surface area contributed by atoms with Gasteiger partial charge in [-0.25, -0.2) is 9.97 Å². The monoisotopic (exact) mass is 262 g/mol. The molecule has 1 aromatic rings. The molecule has 5 heteroatoms. The van der Waals surface area contributed by atoms with Crippen molar-refractivity contribution in [2.45, 2.75) is 31.7 Å². The summed E-state index contributed by atoms with van der Waals surface area (Å²) < 4.78 is 5.42. The van der Waals surface area contributed by atoms with Gasteiger partial charge in [-0.1, -0.05) is 0 Å². The van der Waals surface area contributed by atoms with Crippen LogP contribution < -0.4 is 10.2 Å². The van der Waals surface area contributed by atoms with E-state index >= 15 is 0 Å². The van der Waals surface area contributed by atoms with Gasteiger partial charge in [0.25, 0.3) is 0 Å². The topological polar surface area (TPSA) is 50.3 Å². The fraction of sp³-hybridized carbons (Fsp3) is 0.714. The first-order valence-electron chi connectivity index (χ1n) is 7.21. The zero-order chi connectivity index (χ0) is 13.1. The summed E-state index contributed by atoms with van der Waals surface area (Å²) in [5.41, 5.74) is 1.18. The highest BCUT2D eigenvalue weighted by atomic mass is 16.5. The summed E-state index contributed by atoms with van der Waals surface area (Å²) in [6.07, 6.45) is 3.87. The van der Waals surface area contributed by atoms with Crippen molar-refractivity contribution in [1.29, 1.82) is 0 Å². The van der Waals surface area contributed by atoms with Crippen LogP contribution in [0.25, 0.3) is 0 Å². The van der Waals surface area contributed by atoms with Gasteiger partial charge in [0.15, 0.2) is 0 Å². The van der Waals surface area contributed by atoms with Crippen LogP contribution in [-0.2, 0) is 4.74 Å². The number of hydrogen-bond donors (Lipinski definition) is 1. The maximum Gasteiger partial charge on any atom is 0.132 e. The number of nitrogens with one attached hydrogen (secondary N) is 1. The second-order valence-electron chi connectivity index (χ2n) is 5.43. The highest BCUT2D eigenvalue weighted by molar-refractivity contribution is 5.41. The van der Waals surface area contributed by atoms with Gasteiger partial charge < -0.3 is 15.0 Å². The van der Waals surface area contributed by atoms with Gasteiger partial charge in [-0.3, -0.25) is 0 Å². The lowest BCUT2D eigenvalue weighted by molar-refractivity contribution is 0.0845. The number of anilines is 1. The maximum absolute atomic E-state index is 5.42. The smallest absolute Gasteiger partial charge is 0.132 e. The van der Waals surface area contributed by atoms with Crippen LogP contribution >= 0.6 is 0 Å². The molecular weight excluding hydrogens is 240 g/mol. The van der Waals surface area contributed by atoms with Crippen molar-refractivity contribution in [3.63, 3.8) is 0 Å². The van der Waals surface area contributed by atoms with E-state index in [1.807, 2.05) is 0 Å². The fourth-order valence-electron chi connectivity index (χ4n) is 2.92. The number of nitrogens with zero attached hydrogens (tertiary/aromatic N) is 3. The number of rotatable bonds is 2. The summed E-state index contributed by atoms with van der Waals surface area (Å²) in [4.78, 5) is 11.3. The average molecular weight is 262 g/mol. The Labute approximate surface area is 114 Å². The Bertz CT molecular complexity index is 420. The molecule has 3 heterocycles. The van der Waals surface area contributed by atoms with E-state index in [-0.39, 0.29) is 0 Å². The van der Waals surface area contributed by atoms with Gasteiger partial charge in [0.2, 0.25) is 0 Å². The molecule has 0 aromatic carbocycles. The van der Waals surface area contributed by atoms with Crippen molar-refractivity contribution in [3.05, 3.63) is 18.1 Å². The van der Waals surface area contributed by atoms with E-state index in [0.717, 1.165) is 51.5 Å². The molecule has 2 aliphatic rings. The van der Waals surface area contributed by atoms with Gasteiger partial charge in [0.1, 0.15) is 12.1 Å². The fourth-order valence-corrected chi connectivity index (χ4v) is 2.92. The van der Waals surface area contributed by atoms with Crippen molar-refractivity contribution < 1.29 is 4.74 Å². The molecule has 3 rings (SSSR count). The minimum Gasteiger partial charge on any atom is -0.381 e. The third kappa shape index (κ3) is 2.87. The second-order valence-corrected chi connectivity index (χ2v) is 5.43. The van der Waals surface area contributed by atoms with Crippen molar-refractivity contribution in [3.8, 4) is 0 Å². The SMILES string of the molecule is C[C@H]1CNCCN1c1cc(C2CCOCC2)ncn1. The average Bonchev–Trinajstić information content (AvgIpc) is 2.49. The van der Waals surface area contributed by atoms with Gasteiger partial charge in [-0.05, 0) is 19.8 Å². The lowest BCUT2D eigenvalue weighted by Gasteiger charge is -2.35. The van der Waals surface area contributed by atoms with Crippen molar-refractivity contribution >= 4 is 5.82 Å². The first-order chi connectivity index (χ1) is 9.34. The summed E-state index contributed by atoms with van der Waals surface area (Å²) in [5, 5.41) is 3.41. The van der Waals surface area contributed by atoms with Crippen molar-refractivity contribution in [2.75, 3.05) is 37.7 Å². The highest BCUT2D eigenvalue weighted by Gasteiger charge is 2.22. The summed E-state index contributed by atoms with van der Waals surface area (Å²) >= 11 is 0. The predicted molar refractivity (Wildman–Crippen MR) is 74.5 cm³/mol. The van der Waals surface area contributed by atoms with Crippen LogP contribution in [0.5, 0.6) is 0 Å². The summed E-state index contributed by atoms with van der Waals surface area (Å²) in [6, 6.07) is 2.67. The van der Waals surface area contributed by atoms with Crippen LogP contribution in [0.1, 0.15) is 31.4 Å². The Hall–Kier alpha value is -1.20. The van der Waals surface area contributed by atoms with Crippen LogP contribution in [0.4, 0.5) is 5.82 Å². The number of ether oxygens (including phenoxy) is 1. The Morgan fingerprint density at radius 1 is 1.32 bits per heavy atom. The van der Waals surface area contributed by atoms with E-state index in [2.05, 4.69) is 33.2 Å². The Kier molecular flexibility index (Phi) is 3.94. The van der Waals surface area contributed by atoms with Crippen LogP contribution in [0, 0.1) is 0 Å². The molecule has 104 valence electrons. The molecule has 0 unspecified atom stereocenters. The Morgan fingerprint density at radius 2 is 2.16 bits per heavy atom. The van der Waals surface area contributed by atoms with E-state index in [9.17, 15) is 0 Å². The minimum atomic E-state index is 0.492. The number of piperazine rings is 1. The minimum absolute atomic E-state index is 0.492. The Morgan fingerprint density at radius 3 is 2.95 bits per heavy atom. The highest BCUT2D eigenvalue weighted by Crippen LogP contribution is 2.27. The molecular formula is C14H22N4O. The largest absolute Gasteiger partial charge is 0.381 e. The van der Waals surface area contributed by atoms with E-state index in [0.29, 0.717) is 12.0 Å². The van der Waals surface area contributed by atoms with E-state index < -0.39 is 0 Å². The molecule has 0 radical (unpaired) electrons. The molecule has 19 heavy (non-hydrogen) atoms. The molecule has 2 aliphatic heterocycles. The normalized spacial score (nSPS) is 25.5. The van der Waals surface area contributed by atoms with Crippen LogP contribution in [-0.4, -0.2) is 48.9 Å². The molecule has 5 nitrogen and oxygen atoms in total. The van der Waals surface area contributed by atoms with Gasteiger partial charge in [0.05, 0.1) is 0 Å². The lowest BCUT2D eigenvalue weighted by Crippen LogP contribution is -2.50. The molecule has 1 aromatic heterocycles.